The van der Waals surface area contributed by atoms with E-state index in [1.54, 1.807) is 0 Å². The Labute approximate surface area is 306 Å². The smallest absolute Gasteiger partial charge is 0.187 e. The second-order valence-electron chi connectivity index (χ2n) is 13.9. The summed E-state index contributed by atoms with van der Waals surface area (Å²) in [6, 6.07) is 0. The van der Waals surface area contributed by atoms with Crippen LogP contribution in [0.25, 0.3) is 0 Å². The Morgan fingerprint density at radius 2 is 0.704 bits per heavy atom. The summed E-state index contributed by atoms with van der Waals surface area (Å²) < 4.78 is 51.2. The highest BCUT2D eigenvalue weighted by atomic mass is 16.8. The molecule has 5 aliphatic rings. The van der Waals surface area contributed by atoms with Gasteiger partial charge in [-0.2, -0.15) is 0 Å². The van der Waals surface area contributed by atoms with Gasteiger partial charge in [-0.25, -0.2) is 0 Å². The van der Waals surface area contributed by atoms with E-state index in [-0.39, 0.29) is 0 Å². The van der Waals surface area contributed by atoms with Gasteiger partial charge in [0.25, 0.3) is 0 Å². The highest BCUT2D eigenvalue weighted by Crippen LogP contribution is 2.37. The van der Waals surface area contributed by atoms with Crippen molar-refractivity contribution in [2.24, 2.45) is 0 Å². The van der Waals surface area contributed by atoms with Gasteiger partial charge in [0.1, 0.15) is 110 Å². The predicted molar refractivity (Wildman–Crippen MR) is 164 cm³/mol. The molecule has 54 heavy (non-hydrogen) atoms. The summed E-state index contributed by atoms with van der Waals surface area (Å²) >= 11 is 0. The molecular weight excluding hydrogens is 744 g/mol. The van der Waals surface area contributed by atoms with Crippen LogP contribution in [0.4, 0.5) is 0 Å². The van der Waals surface area contributed by atoms with Crippen LogP contribution in [0, 0.1) is 0 Å². The molecule has 5 aliphatic heterocycles. The van der Waals surface area contributed by atoms with Gasteiger partial charge in [-0.15, -0.1) is 0 Å². The van der Waals surface area contributed by atoms with Crippen molar-refractivity contribution in [2.45, 2.75) is 167 Å². The van der Waals surface area contributed by atoms with Gasteiger partial charge < -0.3 is 119 Å². The van der Waals surface area contributed by atoms with Crippen LogP contribution in [0.3, 0.4) is 0 Å². The van der Waals surface area contributed by atoms with Gasteiger partial charge in [0.15, 0.2) is 31.5 Å². The molecule has 0 aromatic carbocycles. The zero-order valence-electron chi connectivity index (χ0n) is 28.9. The predicted octanol–water partition coefficient (Wildman–Crippen LogP) is -9.87. The molecule has 15 N–H and O–H groups in total. The highest BCUT2D eigenvalue weighted by molar-refractivity contribution is 4.99. The molecule has 24 heteroatoms. The van der Waals surface area contributed by atoms with Gasteiger partial charge >= 0.3 is 0 Å². The average Bonchev–Trinajstić information content (AvgIpc) is 3.15. The van der Waals surface area contributed by atoms with Crippen LogP contribution in [0.5, 0.6) is 0 Å². The molecule has 0 aromatic heterocycles. The molecule has 5 heterocycles. The third-order valence-corrected chi connectivity index (χ3v) is 10.2. The van der Waals surface area contributed by atoms with E-state index in [0.29, 0.717) is 0 Å². The number of rotatable bonds is 11. The highest BCUT2D eigenvalue weighted by Gasteiger charge is 2.57. The van der Waals surface area contributed by atoms with E-state index < -0.39 is 173 Å². The van der Waals surface area contributed by atoms with Crippen LogP contribution in [-0.4, -0.2) is 250 Å². The van der Waals surface area contributed by atoms with Crippen molar-refractivity contribution in [2.75, 3.05) is 19.8 Å². The van der Waals surface area contributed by atoms with Gasteiger partial charge in [-0.3, -0.25) is 0 Å². The molecule has 0 aliphatic carbocycles. The van der Waals surface area contributed by atoms with Crippen LogP contribution in [-0.2, 0) is 42.6 Å². The standard InChI is InChI=1S/C30H52O24/c1-6-11(34)15(38)18(41)27(46-6)51-22-10(5-33)48-26(45)21(44)24(22)53-30-25(54-28-19(42)16(39)12(35)7(2)47-28)23(14(37)9(4-32)50-30)52-29-20(43)17(40)13(36)8(3-31)49-29/h6-45H,3-5H2,1-2H3/t6-,7-,8+,9+,10+,11+,12+,13-,14-,15+,16+,17-,18-,19-,20+,21+,22+,23-,24+,25+,26?,27-,28-,29+,30-/m0/s1. The summed E-state index contributed by atoms with van der Waals surface area (Å²) in [7, 11) is 0. The first-order valence-corrected chi connectivity index (χ1v) is 17.3. The topological polar surface area (TPSA) is 387 Å². The lowest BCUT2D eigenvalue weighted by Crippen LogP contribution is -2.69. The molecule has 0 bridgehead atoms. The maximum Gasteiger partial charge on any atom is 0.187 e. The molecule has 0 radical (unpaired) electrons. The molecule has 0 amide bonds. The summed E-state index contributed by atoms with van der Waals surface area (Å²) in [5.74, 6) is 0. The molecule has 25 atom stereocenters. The van der Waals surface area contributed by atoms with E-state index in [9.17, 15) is 76.6 Å². The Morgan fingerprint density at radius 3 is 1.20 bits per heavy atom. The van der Waals surface area contributed by atoms with Crippen LogP contribution in [0.15, 0.2) is 0 Å². The molecule has 0 spiro atoms. The summed E-state index contributed by atoms with van der Waals surface area (Å²) in [5, 5.41) is 157. The fourth-order valence-electron chi connectivity index (χ4n) is 6.88. The molecule has 0 saturated carbocycles. The first kappa shape index (κ1) is 44.1. The van der Waals surface area contributed by atoms with Crippen molar-refractivity contribution in [3.05, 3.63) is 0 Å². The number of hydrogen-bond acceptors (Lipinski definition) is 24. The third-order valence-electron chi connectivity index (χ3n) is 10.2. The number of ether oxygens (including phenoxy) is 9. The molecule has 5 fully saturated rings. The molecule has 1 unspecified atom stereocenters. The minimum absolute atomic E-state index is 0.877. The van der Waals surface area contributed by atoms with E-state index in [4.69, 9.17) is 42.6 Å². The normalized spacial score (nSPS) is 54.7. The second-order valence-corrected chi connectivity index (χ2v) is 13.9. The summed E-state index contributed by atoms with van der Waals surface area (Å²) in [5.41, 5.74) is 0. The lowest BCUT2D eigenvalue weighted by molar-refractivity contribution is -0.411. The molecular formula is C30H52O24. The SMILES string of the molecule is C[C@@H]1O[C@@H](O[C@H]2[C@H](O[C@H]3[C@H](O[C@@H]4O[C@@H](C)[C@@H](O)[C@@H](O)[C@@H]4O)[C@@H](CO)OC(O)[C@@H]3O)O[C@H](CO)[C@H](O)[C@@H]2O[C@H]2O[C@H](CO)[C@H](O)[C@H](O)[C@H]2O)[C@@H](O)[C@H](O)[C@@H]1O. The zero-order valence-corrected chi connectivity index (χ0v) is 28.9. The van der Waals surface area contributed by atoms with Crippen molar-refractivity contribution >= 4 is 0 Å². The van der Waals surface area contributed by atoms with E-state index in [1.165, 1.54) is 13.8 Å². The Kier molecular flexibility index (Phi) is 15.0. The lowest BCUT2D eigenvalue weighted by Gasteiger charge is -2.51. The summed E-state index contributed by atoms with van der Waals surface area (Å²) in [4.78, 5) is 0. The maximum absolute atomic E-state index is 11.4. The van der Waals surface area contributed by atoms with Crippen molar-refractivity contribution in [1.29, 1.82) is 0 Å². The van der Waals surface area contributed by atoms with E-state index in [2.05, 4.69) is 0 Å². The number of aliphatic hydroxyl groups excluding tert-OH is 15. The van der Waals surface area contributed by atoms with Crippen molar-refractivity contribution in [1.82, 2.24) is 0 Å². The van der Waals surface area contributed by atoms with Crippen LogP contribution in [0.2, 0.25) is 0 Å². The first-order valence-electron chi connectivity index (χ1n) is 17.3. The minimum atomic E-state index is -2.10. The fraction of sp³-hybridized carbons (Fsp3) is 1.00. The van der Waals surface area contributed by atoms with Crippen LogP contribution >= 0.6 is 0 Å². The van der Waals surface area contributed by atoms with Crippen LogP contribution in [0.1, 0.15) is 13.8 Å². The molecule has 5 saturated heterocycles. The molecule has 316 valence electrons. The largest absolute Gasteiger partial charge is 0.394 e. The maximum atomic E-state index is 11.4. The number of hydrogen-bond donors (Lipinski definition) is 15. The quantitative estimate of drug-likeness (QED) is 0.0923. The monoisotopic (exact) mass is 796 g/mol. The third kappa shape index (κ3) is 8.72. The Hall–Kier alpha value is -0.960. The number of aliphatic hydroxyl groups is 15. The molecule has 24 nitrogen and oxygen atoms in total. The Bertz CT molecular complexity index is 1170. The van der Waals surface area contributed by atoms with Crippen molar-refractivity contribution < 1.29 is 119 Å². The van der Waals surface area contributed by atoms with E-state index >= 15 is 0 Å². The van der Waals surface area contributed by atoms with Gasteiger partial charge in [0.2, 0.25) is 0 Å². The van der Waals surface area contributed by atoms with Crippen molar-refractivity contribution in [3.8, 4) is 0 Å². The summed E-state index contributed by atoms with van der Waals surface area (Å²) in [6.07, 6.45) is -45.1. The Morgan fingerprint density at radius 1 is 0.333 bits per heavy atom. The molecule has 5 rings (SSSR count). The van der Waals surface area contributed by atoms with Gasteiger partial charge in [-0.05, 0) is 13.8 Å². The zero-order chi connectivity index (χ0) is 39.9. The summed E-state index contributed by atoms with van der Waals surface area (Å²) in [6.45, 7) is -0.126. The second kappa shape index (κ2) is 18.3. The van der Waals surface area contributed by atoms with E-state index in [1.807, 2.05) is 0 Å². The van der Waals surface area contributed by atoms with Gasteiger partial charge in [0, 0.05) is 0 Å². The van der Waals surface area contributed by atoms with E-state index in [0.717, 1.165) is 0 Å². The van der Waals surface area contributed by atoms with Gasteiger partial charge in [-0.1, -0.05) is 0 Å². The average molecular weight is 797 g/mol. The van der Waals surface area contributed by atoms with Crippen molar-refractivity contribution in [3.63, 3.8) is 0 Å². The fourth-order valence-corrected chi connectivity index (χ4v) is 6.88. The molecule has 0 aromatic rings. The first-order chi connectivity index (χ1) is 25.4. The van der Waals surface area contributed by atoms with Gasteiger partial charge in [0.05, 0.1) is 32.0 Å². The van der Waals surface area contributed by atoms with Crippen LogP contribution < -0.4 is 0 Å². The minimum Gasteiger partial charge on any atom is -0.394 e. The lowest BCUT2D eigenvalue weighted by atomic mass is 9.95. The Balaban J connectivity index is 1.51.